The molecule has 4 nitrogen and oxygen atoms in total. The summed E-state index contributed by atoms with van der Waals surface area (Å²) in [6, 6.07) is -0.384. The maximum Gasteiger partial charge on any atom is 0.320 e. The van der Waals surface area contributed by atoms with E-state index >= 15 is 0 Å². The number of urea groups is 1. The molecule has 6 heteroatoms. The van der Waals surface area contributed by atoms with E-state index in [9.17, 15) is 4.79 Å². The highest BCUT2D eigenvalue weighted by Gasteiger charge is 2.00. The highest BCUT2D eigenvalue weighted by molar-refractivity contribution is 8.13. The van der Waals surface area contributed by atoms with Crippen LogP contribution in [0.4, 0.5) is 4.79 Å². The fourth-order valence-electron chi connectivity index (χ4n) is 0.359. The SMILES string of the molecule is CSC(=N)NC(=O)NCCCl. The molecule has 11 heavy (non-hydrogen) atoms. The summed E-state index contributed by atoms with van der Waals surface area (Å²) in [4.78, 5) is 10.7. The van der Waals surface area contributed by atoms with Crippen molar-refractivity contribution in [2.75, 3.05) is 18.7 Å². The molecule has 0 unspecified atom stereocenters. The first kappa shape index (κ1) is 10.6. The maximum absolute atomic E-state index is 10.7. The standard InChI is InChI=1S/C5H10ClN3OS/c1-11-4(7)9-5(10)8-3-2-6/h2-3H2,1H3,(H3,7,8,9,10). The lowest BCUT2D eigenvalue weighted by atomic mass is 10.7. The number of hydrogen-bond donors (Lipinski definition) is 3. The Hall–Kier alpha value is -0.420. The Morgan fingerprint density at radius 3 is 2.82 bits per heavy atom. The van der Waals surface area contributed by atoms with Gasteiger partial charge >= 0.3 is 6.03 Å². The molecule has 3 N–H and O–H groups in total. The van der Waals surface area contributed by atoms with Gasteiger partial charge in [0.25, 0.3) is 0 Å². The van der Waals surface area contributed by atoms with Crippen LogP contribution in [0.2, 0.25) is 0 Å². The molecule has 0 aromatic carbocycles. The topological polar surface area (TPSA) is 65.0 Å². The summed E-state index contributed by atoms with van der Waals surface area (Å²) in [6.07, 6.45) is 1.71. The number of hydrogen-bond acceptors (Lipinski definition) is 3. The molecule has 0 saturated carbocycles. The highest BCUT2D eigenvalue weighted by atomic mass is 35.5. The van der Waals surface area contributed by atoms with Crippen molar-refractivity contribution >= 4 is 34.6 Å². The lowest BCUT2D eigenvalue weighted by molar-refractivity contribution is 0.246. The molecule has 64 valence electrons. The van der Waals surface area contributed by atoms with Crippen LogP contribution in [-0.4, -0.2) is 29.9 Å². The molecule has 0 fully saturated rings. The number of thioether (sulfide) groups is 1. The molecule has 0 bridgehead atoms. The van der Waals surface area contributed by atoms with E-state index in [-0.39, 0.29) is 11.2 Å². The van der Waals surface area contributed by atoms with Gasteiger partial charge in [-0.05, 0) is 6.26 Å². The first-order valence-electron chi connectivity index (χ1n) is 2.94. The van der Waals surface area contributed by atoms with Crippen LogP contribution in [0.15, 0.2) is 0 Å². The number of nitrogens with one attached hydrogen (secondary N) is 3. The van der Waals surface area contributed by atoms with Gasteiger partial charge in [-0.1, -0.05) is 11.8 Å². The average molecular weight is 196 g/mol. The summed E-state index contributed by atoms with van der Waals surface area (Å²) in [5.74, 6) is 0.375. The van der Waals surface area contributed by atoms with Crippen LogP contribution in [0.1, 0.15) is 0 Å². The van der Waals surface area contributed by atoms with Gasteiger partial charge in [0.15, 0.2) is 5.17 Å². The monoisotopic (exact) mass is 195 g/mol. The van der Waals surface area contributed by atoms with Gasteiger partial charge in [0.05, 0.1) is 0 Å². The van der Waals surface area contributed by atoms with E-state index in [1.165, 1.54) is 0 Å². The third kappa shape index (κ3) is 6.00. The average Bonchev–Trinajstić information content (AvgIpc) is 2.00. The van der Waals surface area contributed by atoms with Crippen LogP contribution in [0.25, 0.3) is 0 Å². The second-order valence-electron chi connectivity index (χ2n) is 1.60. The Morgan fingerprint density at radius 2 is 2.36 bits per heavy atom. The van der Waals surface area contributed by atoms with E-state index < -0.39 is 0 Å². The van der Waals surface area contributed by atoms with Crippen LogP contribution >= 0.6 is 23.4 Å². The minimum Gasteiger partial charge on any atom is -0.337 e. The number of halogens is 1. The zero-order valence-electron chi connectivity index (χ0n) is 6.11. The quantitative estimate of drug-likeness (QED) is 0.347. The Labute approximate surface area is 74.6 Å². The lowest BCUT2D eigenvalue weighted by Gasteiger charge is -2.03. The largest absolute Gasteiger partial charge is 0.337 e. The minimum absolute atomic E-state index is 0.122. The predicted octanol–water partition coefficient (Wildman–Crippen LogP) is 0.822. The number of amidine groups is 1. The summed E-state index contributed by atoms with van der Waals surface area (Å²) < 4.78 is 0. The minimum atomic E-state index is -0.384. The van der Waals surface area contributed by atoms with E-state index in [0.29, 0.717) is 12.4 Å². The van der Waals surface area contributed by atoms with Crippen LogP contribution in [0, 0.1) is 5.41 Å². The highest BCUT2D eigenvalue weighted by Crippen LogP contribution is 1.89. The van der Waals surface area contributed by atoms with Gasteiger partial charge < -0.3 is 5.32 Å². The summed E-state index contributed by atoms with van der Waals surface area (Å²) in [7, 11) is 0. The molecule has 2 amide bonds. The normalized spacial score (nSPS) is 8.91. The summed E-state index contributed by atoms with van der Waals surface area (Å²) >= 11 is 6.48. The van der Waals surface area contributed by atoms with Crippen molar-refractivity contribution in [2.45, 2.75) is 0 Å². The molecule has 0 aliphatic rings. The molecule has 0 aromatic rings. The molecule has 0 spiro atoms. The van der Waals surface area contributed by atoms with E-state index in [0.717, 1.165) is 11.8 Å². The van der Waals surface area contributed by atoms with Crippen LogP contribution in [0.3, 0.4) is 0 Å². The predicted molar refractivity (Wildman–Crippen MR) is 48.5 cm³/mol. The second-order valence-corrected chi connectivity index (χ2v) is 2.80. The Bertz CT molecular complexity index is 153. The molecule has 0 atom stereocenters. The molecule has 0 aliphatic carbocycles. The van der Waals surface area contributed by atoms with Gasteiger partial charge in [-0.2, -0.15) is 0 Å². The fourth-order valence-corrected chi connectivity index (χ4v) is 0.648. The van der Waals surface area contributed by atoms with Gasteiger partial charge in [0.1, 0.15) is 0 Å². The van der Waals surface area contributed by atoms with E-state index in [2.05, 4.69) is 10.6 Å². The van der Waals surface area contributed by atoms with Gasteiger partial charge in [-0.3, -0.25) is 10.7 Å². The Kier molecular flexibility index (Phi) is 6.06. The van der Waals surface area contributed by atoms with Crippen molar-refractivity contribution in [1.29, 1.82) is 5.41 Å². The number of amides is 2. The number of rotatable bonds is 2. The lowest BCUT2D eigenvalue weighted by Crippen LogP contribution is -2.38. The van der Waals surface area contributed by atoms with Gasteiger partial charge in [0.2, 0.25) is 0 Å². The first-order chi connectivity index (χ1) is 5.20. The molecular formula is C5H10ClN3OS. The molecule has 0 rings (SSSR count). The zero-order chi connectivity index (χ0) is 8.69. The van der Waals surface area contributed by atoms with Crippen molar-refractivity contribution in [3.63, 3.8) is 0 Å². The maximum atomic E-state index is 10.7. The van der Waals surface area contributed by atoms with Crippen molar-refractivity contribution in [3.8, 4) is 0 Å². The molecule has 0 aromatic heterocycles. The Morgan fingerprint density at radius 1 is 1.73 bits per heavy atom. The zero-order valence-corrected chi connectivity index (χ0v) is 7.68. The van der Waals surface area contributed by atoms with Gasteiger partial charge in [-0.15, -0.1) is 11.6 Å². The van der Waals surface area contributed by atoms with Crippen molar-refractivity contribution in [3.05, 3.63) is 0 Å². The van der Waals surface area contributed by atoms with E-state index in [1.54, 1.807) is 6.26 Å². The van der Waals surface area contributed by atoms with Crippen LogP contribution < -0.4 is 10.6 Å². The van der Waals surface area contributed by atoms with E-state index in [4.69, 9.17) is 17.0 Å². The second kappa shape index (κ2) is 6.30. The molecular weight excluding hydrogens is 186 g/mol. The van der Waals surface area contributed by atoms with Crippen molar-refractivity contribution in [1.82, 2.24) is 10.6 Å². The number of alkyl halides is 1. The van der Waals surface area contributed by atoms with Crippen molar-refractivity contribution < 1.29 is 4.79 Å². The van der Waals surface area contributed by atoms with E-state index in [1.807, 2.05) is 0 Å². The number of carbonyl (C=O) groups is 1. The van der Waals surface area contributed by atoms with Gasteiger partial charge in [-0.25, -0.2) is 4.79 Å². The smallest absolute Gasteiger partial charge is 0.320 e. The summed E-state index contributed by atoms with van der Waals surface area (Å²) in [5, 5.41) is 11.9. The van der Waals surface area contributed by atoms with Crippen LogP contribution in [0.5, 0.6) is 0 Å². The summed E-state index contributed by atoms with van der Waals surface area (Å²) in [5.41, 5.74) is 0. The van der Waals surface area contributed by atoms with Gasteiger partial charge in [0, 0.05) is 12.4 Å². The van der Waals surface area contributed by atoms with Crippen molar-refractivity contribution in [2.24, 2.45) is 0 Å². The third-order valence-corrected chi connectivity index (χ3v) is 1.51. The first-order valence-corrected chi connectivity index (χ1v) is 4.70. The fraction of sp³-hybridized carbons (Fsp3) is 0.600. The van der Waals surface area contributed by atoms with Crippen LogP contribution in [-0.2, 0) is 0 Å². The molecule has 0 heterocycles. The Balaban J connectivity index is 3.44. The number of carbonyl (C=O) groups excluding carboxylic acids is 1. The molecule has 0 radical (unpaired) electrons. The molecule has 0 aliphatic heterocycles. The molecule has 0 saturated heterocycles. The summed E-state index contributed by atoms with van der Waals surface area (Å²) in [6.45, 7) is 0.412. The third-order valence-electron chi connectivity index (χ3n) is 0.811.